The van der Waals surface area contributed by atoms with E-state index in [9.17, 15) is 4.79 Å². The van der Waals surface area contributed by atoms with Gasteiger partial charge in [-0.25, -0.2) is 5.48 Å². The molecule has 1 unspecified atom stereocenters. The van der Waals surface area contributed by atoms with Crippen molar-refractivity contribution in [3.63, 3.8) is 0 Å². The minimum atomic E-state index is -0.270. The predicted octanol–water partition coefficient (Wildman–Crippen LogP) is 0.0379. The molecular formula is C8H15N2O2. The number of hydrogen-bond donors (Lipinski definition) is 2. The number of carbonyl (C=O) groups is 1. The van der Waals surface area contributed by atoms with Gasteiger partial charge in [-0.2, -0.15) is 0 Å². The van der Waals surface area contributed by atoms with E-state index in [1.807, 2.05) is 0 Å². The standard InChI is InChI=1S/C8H15N2O2/c1-2-10-5-3-4-7(6-10)8(11)9-12/h7,12H,1-6H2,(H,9,11). The molecule has 0 aromatic rings. The third-order valence-electron chi connectivity index (χ3n) is 2.30. The van der Waals surface area contributed by atoms with Gasteiger partial charge in [0.2, 0.25) is 5.91 Å². The summed E-state index contributed by atoms with van der Waals surface area (Å²) >= 11 is 0. The van der Waals surface area contributed by atoms with Crippen molar-refractivity contribution in [2.24, 2.45) is 5.92 Å². The molecule has 1 fully saturated rings. The lowest BCUT2D eigenvalue weighted by molar-refractivity contribution is -0.135. The maximum atomic E-state index is 11.0. The molecule has 0 aromatic carbocycles. The average Bonchev–Trinajstić information content (AvgIpc) is 2.17. The Kier molecular flexibility index (Phi) is 3.49. The van der Waals surface area contributed by atoms with Crippen LogP contribution in [0.1, 0.15) is 12.8 Å². The fourth-order valence-electron chi connectivity index (χ4n) is 1.56. The van der Waals surface area contributed by atoms with Gasteiger partial charge in [0, 0.05) is 6.54 Å². The number of piperidine rings is 1. The largest absolute Gasteiger partial charge is 0.303 e. The number of nitrogens with one attached hydrogen (secondary N) is 1. The molecule has 2 N–H and O–H groups in total. The highest BCUT2D eigenvalue weighted by Gasteiger charge is 2.24. The van der Waals surface area contributed by atoms with Crippen LogP contribution in [0.25, 0.3) is 0 Å². The highest BCUT2D eigenvalue weighted by atomic mass is 16.5. The SMILES string of the molecule is [CH2]CN1CCCC(C(=O)NO)C1. The third-order valence-corrected chi connectivity index (χ3v) is 2.30. The Balaban J connectivity index is 2.40. The minimum Gasteiger partial charge on any atom is -0.303 e. The number of hydrogen-bond acceptors (Lipinski definition) is 3. The van der Waals surface area contributed by atoms with Gasteiger partial charge in [-0.1, -0.05) is 0 Å². The second-order valence-corrected chi connectivity index (χ2v) is 3.12. The average molecular weight is 171 g/mol. The van der Waals surface area contributed by atoms with Crippen molar-refractivity contribution < 1.29 is 10.0 Å². The molecule has 4 heteroatoms. The van der Waals surface area contributed by atoms with Gasteiger partial charge in [0.25, 0.3) is 0 Å². The summed E-state index contributed by atoms with van der Waals surface area (Å²) < 4.78 is 0. The maximum absolute atomic E-state index is 11.0. The van der Waals surface area contributed by atoms with E-state index in [-0.39, 0.29) is 11.8 Å². The van der Waals surface area contributed by atoms with Crippen LogP contribution in [0.3, 0.4) is 0 Å². The second-order valence-electron chi connectivity index (χ2n) is 3.12. The molecular weight excluding hydrogens is 156 g/mol. The molecule has 4 nitrogen and oxygen atoms in total. The zero-order valence-electron chi connectivity index (χ0n) is 7.12. The van der Waals surface area contributed by atoms with Gasteiger partial charge in [0.15, 0.2) is 0 Å². The van der Waals surface area contributed by atoms with Gasteiger partial charge in [0.1, 0.15) is 0 Å². The van der Waals surface area contributed by atoms with Crippen molar-refractivity contribution in [3.8, 4) is 0 Å². The van der Waals surface area contributed by atoms with Gasteiger partial charge in [0.05, 0.1) is 5.92 Å². The van der Waals surface area contributed by atoms with Crippen LogP contribution in [0.4, 0.5) is 0 Å². The molecule has 1 amide bonds. The normalized spacial score (nSPS) is 25.3. The molecule has 0 bridgehead atoms. The summed E-state index contributed by atoms with van der Waals surface area (Å²) in [7, 11) is 0. The van der Waals surface area contributed by atoms with Crippen molar-refractivity contribution in [2.75, 3.05) is 19.6 Å². The lowest BCUT2D eigenvalue weighted by Gasteiger charge is -2.30. The molecule has 1 saturated heterocycles. The molecule has 1 rings (SSSR count). The van der Waals surface area contributed by atoms with Crippen LogP contribution in [-0.4, -0.2) is 35.6 Å². The molecule has 0 saturated carbocycles. The Morgan fingerprint density at radius 3 is 3.08 bits per heavy atom. The summed E-state index contributed by atoms with van der Waals surface area (Å²) in [5.74, 6) is -0.335. The Morgan fingerprint density at radius 1 is 1.75 bits per heavy atom. The molecule has 1 aliphatic rings. The van der Waals surface area contributed by atoms with E-state index in [0.29, 0.717) is 0 Å². The molecule has 1 aliphatic heterocycles. The monoisotopic (exact) mass is 171 g/mol. The molecule has 0 aromatic heterocycles. The first-order valence-electron chi connectivity index (χ1n) is 4.23. The molecule has 1 atom stereocenters. The van der Waals surface area contributed by atoms with Crippen LogP contribution in [-0.2, 0) is 4.79 Å². The Morgan fingerprint density at radius 2 is 2.50 bits per heavy atom. The van der Waals surface area contributed by atoms with Crippen LogP contribution < -0.4 is 5.48 Å². The van der Waals surface area contributed by atoms with Crippen LogP contribution in [0.5, 0.6) is 0 Å². The van der Waals surface area contributed by atoms with E-state index in [1.165, 1.54) is 0 Å². The number of likely N-dealkylation sites (tertiary alicyclic amines) is 1. The topological polar surface area (TPSA) is 52.6 Å². The van der Waals surface area contributed by atoms with Crippen LogP contribution in [0, 0.1) is 12.8 Å². The van der Waals surface area contributed by atoms with Crippen molar-refractivity contribution in [1.82, 2.24) is 10.4 Å². The fourth-order valence-corrected chi connectivity index (χ4v) is 1.56. The summed E-state index contributed by atoms with van der Waals surface area (Å²) in [6.45, 7) is 6.22. The number of rotatable bonds is 2. The lowest BCUT2D eigenvalue weighted by Crippen LogP contribution is -2.42. The third kappa shape index (κ3) is 2.19. The van der Waals surface area contributed by atoms with Gasteiger partial charge in [-0.3, -0.25) is 10.0 Å². The van der Waals surface area contributed by atoms with E-state index < -0.39 is 0 Å². The molecule has 0 spiro atoms. The molecule has 0 aliphatic carbocycles. The van der Waals surface area contributed by atoms with E-state index in [0.717, 1.165) is 32.5 Å². The van der Waals surface area contributed by atoms with Crippen LogP contribution >= 0.6 is 0 Å². The summed E-state index contributed by atoms with van der Waals surface area (Å²) in [6.07, 6.45) is 1.87. The first kappa shape index (κ1) is 9.48. The zero-order chi connectivity index (χ0) is 8.97. The first-order chi connectivity index (χ1) is 5.77. The Labute approximate surface area is 72.5 Å². The Hall–Kier alpha value is -0.610. The van der Waals surface area contributed by atoms with E-state index in [1.54, 1.807) is 5.48 Å². The highest BCUT2D eigenvalue weighted by Crippen LogP contribution is 2.15. The molecule has 1 heterocycles. The number of carbonyl (C=O) groups excluding carboxylic acids is 1. The van der Waals surface area contributed by atoms with Crippen LogP contribution in [0.15, 0.2) is 0 Å². The fraction of sp³-hybridized carbons (Fsp3) is 0.750. The van der Waals surface area contributed by atoms with Crippen LogP contribution in [0.2, 0.25) is 0 Å². The molecule has 1 radical (unpaired) electrons. The predicted molar refractivity (Wildman–Crippen MR) is 44.5 cm³/mol. The van der Waals surface area contributed by atoms with Crippen molar-refractivity contribution >= 4 is 5.91 Å². The van der Waals surface area contributed by atoms with E-state index in [2.05, 4.69) is 11.8 Å². The minimum absolute atomic E-state index is 0.0644. The molecule has 69 valence electrons. The van der Waals surface area contributed by atoms with Crippen molar-refractivity contribution in [3.05, 3.63) is 6.92 Å². The summed E-state index contributed by atoms with van der Waals surface area (Å²) in [6, 6.07) is 0. The van der Waals surface area contributed by atoms with Gasteiger partial charge >= 0.3 is 0 Å². The quantitative estimate of drug-likeness (QED) is 0.455. The number of amides is 1. The van der Waals surface area contributed by atoms with Gasteiger partial charge in [-0.05, 0) is 32.9 Å². The van der Waals surface area contributed by atoms with E-state index >= 15 is 0 Å². The highest BCUT2D eigenvalue weighted by molar-refractivity contribution is 5.77. The van der Waals surface area contributed by atoms with Crippen molar-refractivity contribution in [1.29, 1.82) is 0 Å². The first-order valence-corrected chi connectivity index (χ1v) is 4.23. The second kappa shape index (κ2) is 4.42. The van der Waals surface area contributed by atoms with Crippen molar-refractivity contribution in [2.45, 2.75) is 12.8 Å². The molecule has 12 heavy (non-hydrogen) atoms. The number of hydroxylamine groups is 1. The zero-order valence-corrected chi connectivity index (χ0v) is 7.12. The lowest BCUT2D eigenvalue weighted by atomic mass is 9.97. The number of nitrogens with zero attached hydrogens (tertiary/aromatic N) is 1. The summed E-state index contributed by atoms with van der Waals surface area (Å²) in [5.41, 5.74) is 1.69. The summed E-state index contributed by atoms with van der Waals surface area (Å²) in [5, 5.41) is 8.41. The van der Waals surface area contributed by atoms with Gasteiger partial charge < -0.3 is 4.90 Å². The smallest absolute Gasteiger partial charge is 0.247 e. The van der Waals surface area contributed by atoms with Gasteiger partial charge in [-0.15, -0.1) is 0 Å². The summed E-state index contributed by atoms with van der Waals surface area (Å²) in [4.78, 5) is 13.1. The Bertz CT molecular complexity index is 161. The maximum Gasteiger partial charge on any atom is 0.247 e. The van der Waals surface area contributed by atoms with E-state index in [4.69, 9.17) is 5.21 Å².